The van der Waals surface area contributed by atoms with Gasteiger partial charge in [-0.3, -0.25) is 9.59 Å². The molecule has 0 atom stereocenters. The van der Waals surface area contributed by atoms with E-state index in [1.807, 2.05) is 30.3 Å². The van der Waals surface area contributed by atoms with Crippen molar-refractivity contribution in [2.75, 3.05) is 11.9 Å². The van der Waals surface area contributed by atoms with E-state index in [0.29, 0.717) is 25.2 Å². The number of hydrogen-bond acceptors (Lipinski definition) is 3. The average Bonchev–Trinajstić information content (AvgIpc) is 3.26. The predicted octanol–water partition coefficient (Wildman–Crippen LogP) is 4.56. The van der Waals surface area contributed by atoms with Crippen LogP contribution in [0.5, 0.6) is 0 Å². The van der Waals surface area contributed by atoms with Crippen molar-refractivity contribution in [1.82, 2.24) is 4.90 Å². The van der Waals surface area contributed by atoms with Gasteiger partial charge < -0.3 is 14.2 Å². The Balaban J connectivity index is 1.74. The largest absolute Gasteiger partial charge is 0.467 e. The highest BCUT2D eigenvalue weighted by Gasteiger charge is 2.17. The molecule has 0 saturated carbocycles. The molecule has 2 amide bonds. The van der Waals surface area contributed by atoms with Gasteiger partial charge in [0.1, 0.15) is 11.6 Å². The molecule has 156 valence electrons. The summed E-state index contributed by atoms with van der Waals surface area (Å²) < 4.78 is 18.5. The fraction of sp³-hybridized carbons (Fsp3) is 0.250. The highest BCUT2D eigenvalue weighted by atomic mass is 19.1. The lowest BCUT2D eigenvalue weighted by molar-refractivity contribution is -0.129. The topological polar surface area (TPSA) is 53.8 Å². The van der Waals surface area contributed by atoms with Crippen LogP contribution in [0.4, 0.5) is 10.1 Å². The molecule has 1 aromatic heterocycles. The first-order valence-corrected chi connectivity index (χ1v) is 9.86. The molecule has 0 radical (unpaired) electrons. The van der Waals surface area contributed by atoms with E-state index in [4.69, 9.17) is 4.42 Å². The van der Waals surface area contributed by atoms with Gasteiger partial charge in [0.05, 0.1) is 25.8 Å². The average molecular weight is 408 g/mol. The zero-order valence-electron chi connectivity index (χ0n) is 17.2. The van der Waals surface area contributed by atoms with Gasteiger partial charge in [0, 0.05) is 19.2 Å². The van der Waals surface area contributed by atoms with Crippen molar-refractivity contribution in [3.63, 3.8) is 0 Å². The summed E-state index contributed by atoms with van der Waals surface area (Å²) in [4.78, 5) is 28.4. The van der Waals surface area contributed by atoms with Crippen LogP contribution < -0.4 is 4.90 Å². The molecular weight excluding hydrogens is 383 g/mol. The summed E-state index contributed by atoms with van der Waals surface area (Å²) in [6, 6.07) is 17.1. The minimum atomic E-state index is -0.314. The Morgan fingerprint density at radius 1 is 0.933 bits per heavy atom. The smallest absolute Gasteiger partial charge is 0.227 e. The molecule has 3 aromatic rings. The molecule has 0 N–H and O–H groups in total. The number of carbonyl (C=O) groups is 2. The zero-order chi connectivity index (χ0) is 21.5. The maximum absolute atomic E-state index is 13.2. The molecule has 0 fully saturated rings. The van der Waals surface area contributed by atoms with Crippen LogP contribution in [0.25, 0.3) is 0 Å². The summed E-state index contributed by atoms with van der Waals surface area (Å²) in [5, 5.41) is 0. The molecule has 0 aliphatic carbocycles. The van der Waals surface area contributed by atoms with Crippen LogP contribution in [0.3, 0.4) is 0 Å². The maximum atomic E-state index is 13.2. The number of amides is 2. The first-order chi connectivity index (χ1) is 14.5. The van der Waals surface area contributed by atoms with Crippen molar-refractivity contribution in [3.05, 3.63) is 89.6 Å². The highest BCUT2D eigenvalue weighted by Crippen LogP contribution is 2.21. The minimum absolute atomic E-state index is 0.0438. The second-order valence-electron chi connectivity index (χ2n) is 7.14. The lowest BCUT2D eigenvalue weighted by Gasteiger charge is -2.23. The van der Waals surface area contributed by atoms with Gasteiger partial charge in [-0.1, -0.05) is 31.2 Å². The number of furan rings is 1. The number of anilines is 1. The van der Waals surface area contributed by atoms with E-state index in [0.717, 1.165) is 16.9 Å². The number of rotatable bonds is 8. The zero-order valence-corrected chi connectivity index (χ0v) is 17.2. The van der Waals surface area contributed by atoms with E-state index in [2.05, 4.69) is 0 Å². The van der Waals surface area contributed by atoms with Crippen LogP contribution in [0.2, 0.25) is 0 Å². The molecule has 0 unspecified atom stereocenters. The fourth-order valence-corrected chi connectivity index (χ4v) is 3.16. The molecule has 3 rings (SSSR count). The molecule has 5 nitrogen and oxygen atoms in total. The number of hydrogen-bond donors (Lipinski definition) is 0. The van der Waals surface area contributed by atoms with Gasteiger partial charge in [0.15, 0.2) is 0 Å². The lowest BCUT2D eigenvalue weighted by Crippen LogP contribution is -2.30. The van der Waals surface area contributed by atoms with Crippen molar-refractivity contribution >= 4 is 17.5 Å². The maximum Gasteiger partial charge on any atom is 0.227 e. The van der Waals surface area contributed by atoms with Gasteiger partial charge in [-0.05, 0) is 47.5 Å². The summed E-state index contributed by atoms with van der Waals surface area (Å²) in [7, 11) is 1.73. The summed E-state index contributed by atoms with van der Waals surface area (Å²) in [6.07, 6.45) is 2.14. The Morgan fingerprint density at radius 2 is 1.70 bits per heavy atom. The van der Waals surface area contributed by atoms with Crippen LogP contribution in [0, 0.1) is 5.82 Å². The second kappa shape index (κ2) is 9.87. The van der Waals surface area contributed by atoms with E-state index < -0.39 is 0 Å². The van der Waals surface area contributed by atoms with Gasteiger partial charge >= 0.3 is 0 Å². The highest BCUT2D eigenvalue weighted by molar-refractivity contribution is 5.93. The van der Waals surface area contributed by atoms with Crippen LogP contribution in [-0.4, -0.2) is 23.8 Å². The SMILES string of the molecule is CCC(=O)N(Cc1ccc(F)cc1)c1cccc(CC(=O)N(C)Cc2ccco2)c1. The number of benzene rings is 2. The molecule has 2 aromatic carbocycles. The van der Waals surface area contributed by atoms with Crippen molar-refractivity contribution in [2.24, 2.45) is 0 Å². The molecule has 0 saturated heterocycles. The van der Waals surface area contributed by atoms with Gasteiger partial charge in [-0.15, -0.1) is 0 Å². The van der Waals surface area contributed by atoms with E-state index in [1.165, 1.54) is 12.1 Å². The Hall–Kier alpha value is -3.41. The van der Waals surface area contributed by atoms with Crippen molar-refractivity contribution in [2.45, 2.75) is 32.9 Å². The van der Waals surface area contributed by atoms with E-state index >= 15 is 0 Å². The van der Waals surface area contributed by atoms with E-state index in [1.54, 1.807) is 48.2 Å². The van der Waals surface area contributed by atoms with Gasteiger partial charge in [-0.2, -0.15) is 0 Å². The van der Waals surface area contributed by atoms with Crippen LogP contribution in [0.15, 0.2) is 71.3 Å². The first-order valence-electron chi connectivity index (χ1n) is 9.86. The Morgan fingerprint density at radius 3 is 2.37 bits per heavy atom. The molecule has 6 heteroatoms. The standard InChI is InChI=1S/C24H25FN2O3/c1-3-23(28)27(16-18-9-11-20(25)12-10-18)21-7-4-6-19(14-21)15-24(29)26(2)17-22-8-5-13-30-22/h4-14H,3,15-17H2,1-2H3. The van der Waals surface area contributed by atoms with Gasteiger partial charge in [0.25, 0.3) is 0 Å². The van der Waals surface area contributed by atoms with Gasteiger partial charge in [0.2, 0.25) is 11.8 Å². The summed E-state index contributed by atoms with van der Waals surface area (Å²) in [5.74, 6) is 0.318. The van der Waals surface area contributed by atoms with Crippen molar-refractivity contribution in [1.29, 1.82) is 0 Å². The van der Waals surface area contributed by atoms with E-state index in [9.17, 15) is 14.0 Å². The van der Waals surface area contributed by atoms with Crippen molar-refractivity contribution < 1.29 is 18.4 Å². The molecule has 1 heterocycles. The fourth-order valence-electron chi connectivity index (χ4n) is 3.16. The third kappa shape index (κ3) is 5.56. The monoisotopic (exact) mass is 408 g/mol. The number of nitrogens with zero attached hydrogens (tertiary/aromatic N) is 2. The molecular formula is C24H25FN2O3. The molecule has 30 heavy (non-hydrogen) atoms. The summed E-state index contributed by atoms with van der Waals surface area (Å²) in [6.45, 7) is 2.54. The second-order valence-corrected chi connectivity index (χ2v) is 7.14. The summed E-state index contributed by atoms with van der Waals surface area (Å²) >= 11 is 0. The molecule has 0 aliphatic rings. The number of halogens is 1. The number of likely N-dealkylation sites (N-methyl/N-ethyl adjacent to an activating group) is 1. The Kier molecular flexibility index (Phi) is 7.01. The Bertz CT molecular complexity index is 984. The third-order valence-corrected chi connectivity index (χ3v) is 4.83. The van der Waals surface area contributed by atoms with Crippen LogP contribution in [0.1, 0.15) is 30.2 Å². The van der Waals surface area contributed by atoms with Gasteiger partial charge in [-0.25, -0.2) is 4.39 Å². The van der Waals surface area contributed by atoms with Crippen LogP contribution >= 0.6 is 0 Å². The van der Waals surface area contributed by atoms with Crippen LogP contribution in [-0.2, 0) is 29.1 Å². The Labute approximate surface area is 175 Å². The third-order valence-electron chi connectivity index (χ3n) is 4.83. The lowest BCUT2D eigenvalue weighted by atomic mass is 10.1. The predicted molar refractivity (Wildman–Crippen MR) is 113 cm³/mol. The normalized spacial score (nSPS) is 10.6. The molecule has 0 aliphatic heterocycles. The first kappa shape index (κ1) is 21.3. The minimum Gasteiger partial charge on any atom is -0.467 e. The van der Waals surface area contributed by atoms with E-state index in [-0.39, 0.29) is 24.1 Å². The molecule has 0 spiro atoms. The molecule has 0 bridgehead atoms. The number of carbonyl (C=O) groups excluding carboxylic acids is 2. The quantitative estimate of drug-likeness (QED) is 0.549. The van der Waals surface area contributed by atoms with Crippen molar-refractivity contribution in [3.8, 4) is 0 Å². The summed E-state index contributed by atoms with van der Waals surface area (Å²) in [5.41, 5.74) is 2.36.